The van der Waals surface area contributed by atoms with E-state index in [0.29, 0.717) is 55.1 Å². The molecule has 0 aliphatic carbocycles. The molecule has 1 saturated heterocycles. The van der Waals surface area contributed by atoms with Crippen LogP contribution in [-0.2, 0) is 17.7 Å². The molecule has 1 N–H and O–H groups in total. The first kappa shape index (κ1) is 20.6. The summed E-state index contributed by atoms with van der Waals surface area (Å²) in [7, 11) is 6.29. The second-order valence-electron chi connectivity index (χ2n) is 8.88. The fourth-order valence-corrected chi connectivity index (χ4v) is 5.18. The van der Waals surface area contributed by atoms with Gasteiger partial charge in [-0.25, -0.2) is 0 Å². The van der Waals surface area contributed by atoms with Gasteiger partial charge in [0.15, 0.2) is 11.5 Å². The first-order valence-electron chi connectivity index (χ1n) is 11.8. The molecule has 0 unspecified atom stereocenters. The van der Waals surface area contributed by atoms with Crippen molar-refractivity contribution < 1.29 is 14.3 Å². The number of aliphatic imine (C=N–C) groups is 1. The van der Waals surface area contributed by atoms with Crippen LogP contribution >= 0.6 is 0 Å². The number of fused-ring (bicyclic) bond motifs is 4. The van der Waals surface area contributed by atoms with Gasteiger partial charge in [0.25, 0.3) is 5.91 Å². The van der Waals surface area contributed by atoms with Gasteiger partial charge in [-0.15, -0.1) is 0 Å². The minimum atomic E-state index is -0.0607. The third-order valence-electron chi connectivity index (χ3n) is 6.80. The maximum Gasteiger partial charge on any atom is 0.281 e. The molecule has 1 aromatic heterocycles. The average molecular weight is 446 g/mol. The second-order valence-corrected chi connectivity index (χ2v) is 8.88. The van der Waals surface area contributed by atoms with Crippen LogP contribution in [0.25, 0.3) is 0 Å². The summed E-state index contributed by atoms with van der Waals surface area (Å²) in [5.41, 5.74) is 3.39. The van der Waals surface area contributed by atoms with E-state index in [1.54, 1.807) is 4.90 Å². The molecule has 170 valence electrons. The Morgan fingerprint density at radius 3 is 2.91 bits per heavy atom. The van der Waals surface area contributed by atoms with E-state index in [9.17, 15) is 4.79 Å². The van der Waals surface area contributed by atoms with E-state index < -0.39 is 0 Å². The van der Waals surface area contributed by atoms with Gasteiger partial charge in [0.05, 0.1) is 19.7 Å². The summed E-state index contributed by atoms with van der Waals surface area (Å²) >= 11 is 0. The highest BCUT2D eigenvalue weighted by Gasteiger charge is 2.41. The van der Waals surface area contributed by atoms with Crippen molar-refractivity contribution >= 4 is 36.9 Å². The zero-order chi connectivity index (χ0) is 22.5. The van der Waals surface area contributed by atoms with Crippen LogP contribution in [0, 0.1) is 0 Å². The first-order chi connectivity index (χ1) is 16.1. The minimum absolute atomic E-state index is 0.0607. The largest absolute Gasteiger partial charge is 0.494 e. The predicted octanol–water partition coefficient (Wildman–Crippen LogP) is 0.903. The third kappa shape index (κ3) is 3.39. The Hall–Kier alpha value is -3.01. The van der Waals surface area contributed by atoms with E-state index in [-0.39, 0.29) is 11.9 Å². The van der Waals surface area contributed by atoms with E-state index in [1.165, 1.54) is 0 Å². The number of benzene rings is 1. The van der Waals surface area contributed by atoms with Gasteiger partial charge < -0.3 is 14.8 Å². The topological polar surface area (TPSA) is 84.2 Å². The van der Waals surface area contributed by atoms with Crippen LogP contribution in [0.5, 0.6) is 5.75 Å². The summed E-state index contributed by atoms with van der Waals surface area (Å²) in [5, 5.41) is 3.61. The van der Waals surface area contributed by atoms with Gasteiger partial charge in [0, 0.05) is 38.8 Å². The quantitative estimate of drug-likeness (QED) is 0.688. The van der Waals surface area contributed by atoms with Crippen molar-refractivity contribution in [3.05, 3.63) is 29.0 Å². The molecule has 2 aromatic rings. The summed E-state index contributed by atoms with van der Waals surface area (Å²) in [6.07, 6.45) is 2.66. The number of carbonyl (C=O) groups excluding carboxylic acids is 1. The molecule has 1 fully saturated rings. The van der Waals surface area contributed by atoms with Crippen LogP contribution in [0.15, 0.2) is 17.1 Å². The predicted molar refractivity (Wildman–Crippen MR) is 126 cm³/mol. The molecule has 6 rings (SSSR count). The van der Waals surface area contributed by atoms with Gasteiger partial charge >= 0.3 is 0 Å². The third-order valence-corrected chi connectivity index (χ3v) is 6.80. The molecule has 1 amide bonds. The SMILES string of the molecule is [B]c1cc(Cn2c(NC3CCOCC3)nc3c2C(=O)N(CC)C2=NCCN23)cc2c1OCC2. The Morgan fingerprint density at radius 2 is 2.09 bits per heavy atom. The monoisotopic (exact) mass is 446 g/mol. The standard InChI is InChI=1S/C23H27BN6O3/c1-2-28-21(31)18-20(29-7-6-25-23(28)29)27-22(26-16-4-8-32-9-5-16)30(18)13-14-11-15-3-10-33-19(15)17(24)12-14/h11-12,16H,2-10,13H2,1H3,(H,26,27). The number of nitrogens with zero attached hydrogens (tertiary/aromatic N) is 5. The van der Waals surface area contributed by atoms with Crippen LogP contribution in [-0.4, -0.2) is 79.7 Å². The fourth-order valence-electron chi connectivity index (χ4n) is 5.18. The lowest BCUT2D eigenvalue weighted by atomic mass is 9.90. The van der Waals surface area contributed by atoms with E-state index in [4.69, 9.17) is 22.3 Å². The molecule has 0 saturated carbocycles. The summed E-state index contributed by atoms with van der Waals surface area (Å²) in [4.78, 5) is 27.0. The van der Waals surface area contributed by atoms with Crippen LogP contribution in [0.3, 0.4) is 0 Å². The van der Waals surface area contributed by atoms with Crippen LogP contribution in [0.1, 0.15) is 41.4 Å². The van der Waals surface area contributed by atoms with Gasteiger partial charge in [-0.2, -0.15) is 4.98 Å². The van der Waals surface area contributed by atoms with Crippen molar-refractivity contribution in [2.45, 2.75) is 38.8 Å². The van der Waals surface area contributed by atoms with Gasteiger partial charge in [0.2, 0.25) is 11.9 Å². The van der Waals surface area contributed by atoms with E-state index in [0.717, 1.165) is 55.9 Å². The van der Waals surface area contributed by atoms with Crippen LogP contribution in [0.4, 0.5) is 11.8 Å². The number of hydrogen-bond donors (Lipinski definition) is 1. The molecule has 0 spiro atoms. The number of aromatic nitrogens is 2. The molecule has 5 heterocycles. The Balaban J connectivity index is 1.44. The van der Waals surface area contributed by atoms with Crippen molar-refractivity contribution in [1.82, 2.24) is 14.5 Å². The highest BCUT2D eigenvalue weighted by Crippen LogP contribution is 2.34. The molecule has 0 bridgehead atoms. The van der Waals surface area contributed by atoms with Crippen molar-refractivity contribution in [2.24, 2.45) is 4.99 Å². The smallest absolute Gasteiger partial charge is 0.281 e. The lowest BCUT2D eigenvalue weighted by Crippen LogP contribution is -2.50. The molecule has 9 nitrogen and oxygen atoms in total. The molecule has 0 atom stereocenters. The van der Waals surface area contributed by atoms with E-state index in [2.05, 4.69) is 21.3 Å². The van der Waals surface area contributed by atoms with Crippen molar-refractivity contribution in [1.29, 1.82) is 0 Å². The van der Waals surface area contributed by atoms with Crippen LogP contribution in [0.2, 0.25) is 0 Å². The number of imidazole rings is 1. The summed E-state index contributed by atoms with van der Waals surface area (Å²) in [6.45, 7) is 6.53. The molecular formula is C23H27BN6O3. The molecule has 33 heavy (non-hydrogen) atoms. The Kier molecular flexibility index (Phi) is 5.05. The second kappa shape index (κ2) is 8.09. The number of amides is 1. The summed E-state index contributed by atoms with van der Waals surface area (Å²) in [5.74, 6) is 2.83. The molecule has 10 heteroatoms. The minimum Gasteiger partial charge on any atom is -0.494 e. The number of nitrogens with one attached hydrogen (secondary N) is 1. The highest BCUT2D eigenvalue weighted by molar-refractivity contribution is 6.34. The number of guanidine groups is 1. The Bertz CT molecular complexity index is 1140. The number of hydrogen-bond acceptors (Lipinski definition) is 7. The lowest BCUT2D eigenvalue weighted by molar-refractivity contribution is 0.0835. The number of carbonyl (C=O) groups is 1. The van der Waals surface area contributed by atoms with E-state index in [1.807, 2.05) is 17.6 Å². The number of rotatable bonds is 5. The molecular weight excluding hydrogens is 419 g/mol. The summed E-state index contributed by atoms with van der Waals surface area (Å²) < 4.78 is 13.2. The average Bonchev–Trinajstić information content (AvgIpc) is 3.55. The maximum atomic E-state index is 13.6. The number of ether oxygens (including phenoxy) is 2. The highest BCUT2D eigenvalue weighted by atomic mass is 16.5. The Morgan fingerprint density at radius 1 is 1.24 bits per heavy atom. The molecule has 4 aliphatic rings. The van der Waals surface area contributed by atoms with Crippen LogP contribution < -0.4 is 20.4 Å². The zero-order valence-corrected chi connectivity index (χ0v) is 18.8. The van der Waals surface area contributed by atoms with Crippen molar-refractivity contribution in [3.8, 4) is 5.75 Å². The van der Waals surface area contributed by atoms with Gasteiger partial charge in [-0.3, -0.25) is 24.2 Å². The summed E-state index contributed by atoms with van der Waals surface area (Å²) in [6, 6.07) is 4.34. The Labute approximate surface area is 194 Å². The van der Waals surface area contributed by atoms with Gasteiger partial charge in [-0.1, -0.05) is 17.6 Å². The first-order valence-corrected chi connectivity index (χ1v) is 11.8. The fraction of sp³-hybridized carbons (Fsp3) is 0.522. The molecule has 1 aromatic carbocycles. The molecule has 2 radical (unpaired) electrons. The van der Waals surface area contributed by atoms with Crippen molar-refractivity contribution in [3.63, 3.8) is 0 Å². The maximum absolute atomic E-state index is 13.6. The van der Waals surface area contributed by atoms with Gasteiger partial charge in [0.1, 0.15) is 13.6 Å². The van der Waals surface area contributed by atoms with Crippen molar-refractivity contribution in [2.75, 3.05) is 49.7 Å². The molecule has 4 aliphatic heterocycles. The lowest BCUT2D eigenvalue weighted by Gasteiger charge is -2.32. The zero-order valence-electron chi connectivity index (χ0n) is 18.8. The normalized spacial score (nSPS) is 19.8. The van der Waals surface area contributed by atoms with E-state index >= 15 is 0 Å². The van der Waals surface area contributed by atoms with Gasteiger partial charge in [-0.05, 0) is 30.9 Å². The number of anilines is 2.